The maximum absolute atomic E-state index is 11.7. The summed E-state index contributed by atoms with van der Waals surface area (Å²) in [6, 6.07) is 0. The lowest BCUT2D eigenvalue weighted by atomic mass is 9.84. The van der Waals surface area contributed by atoms with Gasteiger partial charge in [0.1, 0.15) is 0 Å². The summed E-state index contributed by atoms with van der Waals surface area (Å²) in [6.45, 7) is 0. The molecule has 0 rings (SSSR count). The molecule has 0 amide bonds. The van der Waals surface area contributed by atoms with Crippen molar-refractivity contribution in [3.05, 3.63) is 0 Å². The van der Waals surface area contributed by atoms with Crippen LogP contribution in [0.2, 0.25) is 0 Å². The van der Waals surface area contributed by atoms with Gasteiger partial charge in [0.05, 0.1) is 0 Å². The second-order valence-electron chi connectivity index (χ2n) is 2.74. The molecule has 0 aromatic carbocycles. The largest absolute Gasteiger partial charge is 0.421 e. The van der Waals surface area contributed by atoms with Crippen LogP contribution in [0.1, 0.15) is 0 Å². The average molecular weight is 288 g/mol. The minimum absolute atomic E-state index is 7.61. The van der Waals surface area contributed by atoms with Gasteiger partial charge in [-0.2, -0.15) is 52.7 Å². The van der Waals surface area contributed by atoms with E-state index in [9.17, 15) is 52.7 Å². The van der Waals surface area contributed by atoms with Crippen LogP contribution in [0.5, 0.6) is 0 Å². The van der Waals surface area contributed by atoms with Crippen LogP contribution in [0, 0.1) is 5.41 Å². The van der Waals surface area contributed by atoms with Crippen LogP contribution >= 0.6 is 0 Å². The van der Waals surface area contributed by atoms with E-state index in [-0.39, 0.29) is 0 Å². The van der Waals surface area contributed by atoms with Crippen molar-refractivity contribution in [1.29, 1.82) is 0 Å². The van der Waals surface area contributed by atoms with E-state index in [1.807, 2.05) is 0 Å². The molecule has 104 valence electrons. The summed E-state index contributed by atoms with van der Waals surface area (Å²) in [5.74, 6) is 0. The van der Waals surface area contributed by atoms with Crippen molar-refractivity contribution >= 4 is 0 Å². The molecule has 0 fully saturated rings. The highest BCUT2D eigenvalue weighted by Crippen LogP contribution is 2.66. The quantitative estimate of drug-likeness (QED) is 0.585. The normalized spacial score (nSPS) is 16.2. The minimum atomic E-state index is -7.75. The summed E-state index contributed by atoms with van der Waals surface area (Å²) in [6.07, 6.45) is -30.4. The first-order valence-corrected chi connectivity index (χ1v) is 3.27. The fourth-order valence-corrected chi connectivity index (χ4v) is 0.964. The molecule has 0 unspecified atom stereocenters. The summed E-state index contributed by atoms with van der Waals surface area (Å²) in [4.78, 5) is 0. The summed E-state index contributed by atoms with van der Waals surface area (Å²) in [7, 11) is 0. The van der Waals surface area contributed by atoms with Gasteiger partial charge in [0, 0.05) is 0 Å². The fourth-order valence-electron chi connectivity index (χ4n) is 0.964. The van der Waals surface area contributed by atoms with Crippen LogP contribution < -0.4 is 0 Å². The van der Waals surface area contributed by atoms with Crippen LogP contribution in [0.15, 0.2) is 0 Å². The van der Waals surface area contributed by atoms with Crippen molar-refractivity contribution in [3.8, 4) is 0 Å². The average Bonchev–Trinajstić information content (AvgIpc) is 1.67. The molecule has 0 nitrogen and oxygen atoms in total. The third kappa shape index (κ3) is 2.12. The summed E-state index contributed by atoms with van der Waals surface area (Å²) >= 11 is 0. The Morgan fingerprint density at radius 2 is 0.412 bits per heavy atom. The number of hydrogen-bond acceptors (Lipinski definition) is 0. The Morgan fingerprint density at radius 1 is 0.294 bits per heavy atom. The molecule has 0 heterocycles. The van der Waals surface area contributed by atoms with E-state index in [4.69, 9.17) is 0 Å². The van der Waals surface area contributed by atoms with E-state index in [0.29, 0.717) is 0 Å². The number of rotatable bonds is 0. The van der Waals surface area contributed by atoms with Crippen LogP contribution in [0.25, 0.3) is 0 Å². The zero-order chi connectivity index (χ0) is 14.5. The minimum Gasteiger partial charge on any atom is -0.169 e. The number of hydrogen-bond donors (Lipinski definition) is 0. The Morgan fingerprint density at radius 3 is 0.412 bits per heavy atom. The zero-order valence-corrected chi connectivity index (χ0v) is 7.04. The standard InChI is InChI=1S/C5F12/c6-2(7,8)1(3(9,10)11,4(12,13)14)5(15,16)17. The molecule has 0 aliphatic rings. The molecule has 0 saturated carbocycles. The molecule has 0 aliphatic heterocycles. The molecule has 17 heavy (non-hydrogen) atoms. The fraction of sp³-hybridized carbons (Fsp3) is 1.00. The van der Waals surface area contributed by atoms with Crippen molar-refractivity contribution in [3.63, 3.8) is 0 Å². The van der Waals surface area contributed by atoms with E-state index in [0.717, 1.165) is 0 Å². The topological polar surface area (TPSA) is 0 Å². The Balaban J connectivity index is 6.37. The first kappa shape index (κ1) is 16.2. The lowest BCUT2D eigenvalue weighted by Gasteiger charge is -2.39. The van der Waals surface area contributed by atoms with E-state index in [1.54, 1.807) is 0 Å². The molecule has 0 saturated heterocycles. The third-order valence-electron chi connectivity index (χ3n) is 1.70. The smallest absolute Gasteiger partial charge is 0.169 e. The molecule has 0 bridgehead atoms. The number of alkyl halides is 12. The van der Waals surface area contributed by atoms with Crippen LogP contribution in [-0.2, 0) is 0 Å². The van der Waals surface area contributed by atoms with Crippen LogP contribution in [0.4, 0.5) is 52.7 Å². The van der Waals surface area contributed by atoms with Gasteiger partial charge in [-0.25, -0.2) is 0 Å². The van der Waals surface area contributed by atoms with Crippen LogP contribution in [0.3, 0.4) is 0 Å². The first-order valence-electron chi connectivity index (χ1n) is 3.27. The van der Waals surface area contributed by atoms with Gasteiger partial charge in [0.25, 0.3) is 0 Å². The molecule has 12 heteroatoms. The Bertz CT molecular complexity index is 208. The summed E-state index contributed by atoms with van der Waals surface area (Å²) < 4.78 is 140. The third-order valence-corrected chi connectivity index (χ3v) is 1.70. The van der Waals surface area contributed by atoms with E-state index < -0.39 is 30.1 Å². The van der Waals surface area contributed by atoms with Gasteiger partial charge in [0.15, 0.2) is 0 Å². The second-order valence-corrected chi connectivity index (χ2v) is 2.74. The van der Waals surface area contributed by atoms with Gasteiger partial charge in [0.2, 0.25) is 0 Å². The summed E-state index contributed by atoms with van der Waals surface area (Å²) in [5, 5.41) is 0. The van der Waals surface area contributed by atoms with Gasteiger partial charge in [-0.05, 0) is 0 Å². The van der Waals surface area contributed by atoms with Crippen molar-refractivity contribution in [2.24, 2.45) is 5.41 Å². The molecule has 0 N–H and O–H groups in total. The highest BCUT2D eigenvalue weighted by atomic mass is 19.4. The van der Waals surface area contributed by atoms with E-state index in [1.165, 1.54) is 0 Å². The second kappa shape index (κ2) is 3.57. The van der Waals surface area contributed by atoms with Crippen molar-refractivity contribution in [2.75, 3.05) is 0 Å². The van der Waals surface area contributed by atoms with E-state index in [2.05, 4.69) is 0 Å². The first-order chi connectivity index (χ1) is 7.00. The van der Waals surface area contributed by atoms with Gasteiger partial charge in [-0.1, -0.05) is 0 Å². The van der Waals surface area contributed by atoms with Gasteiger partial charge in [-0.3, -0.25) is 0 Å². The molecule has 0 aromatic heterocycles. The highest BCUT2D eigenvalue weighted by Gasteiger charge is 2.94. The molecule has 0 aromatic rings. The monoisotopic (exact) mass is 288 g/mol. The van der Waals surface area contributed by atoms with Crippen molar-refractivity contribution in [2.45, 2.75) is 24.7 Å². The molecule has 0 spiro atoms. The van der Waals surface area contributed by atoms with Crippen LogP contribution in [-0.4, -0.2) is 24.7 Å². The lowest BCUT2D eigenvalue weighted by molar-refractivity contribution is -0.496. The Kier molecular flexibility index (Phi) is 3.40. The van der Waals surface area contributed by atoms with Crippen molar-refractivity contribution in [1.82, 2.24) is 0 Å². The lowest BCUT2D eigenvalue weighted by Crippen LogP contribution is -2.67. The highest BCUT2D eigenvalue weighted by molar-refractivity contribution is 5.04. The maximum atomic E-state index is 11.7. The Labute approximate surface area is 84.2 Å². The predicted molar refractivity (Wildman–Crippen MR) is 26.7 cm³/mol. The molecular weight excluding hydrogens is 288 g/mol. The Hall–Kier alpha value is -0.840. The molecule has 0 radical (unpaired) electrons. The SMILES string of the molecule is FC(F)(F)C(C(F)(F)F)(C(F)(F)F)C(F)(F)F. The molecule has 0 atom stereocenters. The van der Waals surface area contributed by atoms with E-state index >= 15 is 0 Å². The van der Waals surface area contributed by atoms with Gasteiger partial charge in [-0.15, -0.1) is 0 Å². The van der Waals surface area contributed by atoms with Gasteiger partial charge < -0.3 is 0 Å². The zero-order valence-electron chi connectivity index (χ0n) is 7.04. The summed E-state index contributed by atoms with van der Waals surface area (Å²) in [5.41, 5.74) is -7.75. The van der Waals surface area contributed by atoms with Crippen molar-refractivity contribution < 1.29 is 52.7 Å². The van der Waals surface area contributed by atoms with Gasteiger partial charge >= 0.3 is 30.1 Å². The molecular formula is C5F12. The molecule has 0 aliphatic carbocycles. The maximum Gasteiger partial charge on any atom is 0.421 e. The number of halogens is 12. The predicted octanol–water partition coefficient (Wildman–Crippen LogP) is 4.22.